The Morgan fingerprint density at radius 3 is 2.47 bits per heavy atom. The van der Waals surface area contributed by atoms with Gasteiger partial charge in [-0.25, -0.2) is 9.59 Å². The summed E-state index contributed by atoms with van der Waals surface area (Å²) < 4.78 is 10.5. The smallest absolute Gasteiger partial charge is 0.332 e. The van der Waals surface area contributed by atoms with Gasteiger partial charge in [0.05, 0.1) is 0 Å². The zero-order valence-corrected chi connectivity index (χ0v) is 18.5. The molecule has 0 bridgehead atoms. The fourth-order valence-electron chi connectivity index (χ4n) is 3.70. The van der Waals surface area contributed by atoms with Crippen molar-refractivity contribution in [1.29, 1.82) is 0 Å². The van der Waals surface area contributed by atoms with Crippen LogP contribution in [0.3, 0.4) is 0 Å². The first kappa shape index (κ1) is 21.9. The summed E-state index contributed by atoms with van der Waals surface area (Å²) in [4.78, 5) is 43.5. The largest absolute Gasteiger partial charge is 0.461 e. The number of amides is 2. The molecule has 2 amide bonds. The maximum absolute atomic E-state index is 12.8. The summed E-state index contributed by atoms with van der Waals surface area (Å²) in [6, 6.07) is 0.305. The van der Waals surface area contributed by atoms with Crippen molar-refractivity contribution in [1.82, 2.24) is 28.9 Å². The van der Waals surface area contributed by atoms with E-state index in [0.717, 1.165) is 11.0 Å². The van der Waals surface area contributed by atoms with Crippen LogP contribution in [-0.2, 0) is 20.6 Å². The van der Waals surface area contributed by atoms with Crippen LogP contribution in [0.4, 0.5) is 4.79 Å². The van der Waals surface area contributed by atoms with Crippen molar-refractivity contribution in [2.75, 3.05) is 19.6 Å². The number of imidazole rings is 1. The predicted octanol–water partition coefficient (Wildman–Crippen LogP) is 1.05. The van der Waals surface area contributed by atoms with Crippen molar-refractivity contribution in [3.8, 4) is 6.01 Å². The molecule has 1 aliphatic heterocycles. The number of piperidine rings is 1. The van der Waals surface area contributed by atoms with Gasteiger partial charge >= 0.3 is 11.7 Å². The SMILES string of the molecule is CCNC(=O)N1CCC(Oc2nc3c(c(=O)n(C)c(=O)n3C)n2CCC(C)C)CC1. The summed E-state index contributed by atoms with van der Waals surface area (Å²) in [6.45, 7) is 8.51. The zero-order valence-electron chi connectivity index (χ0n) is 18.5. The number of likely N-dealkylation sites (tertiary alicyclic amines) is 1. The number of nitrogens with one attached hydrogen (secondary N) is 1. The molecule has 0 radical (unpaired) electrons. The molecule has 166 valence electrons. The molecule has 30 heavy (non-hydrogen) atoms. The van der Waals surface area contributed by atoms with Gasteiger partial charge in [-0.1, -0.05) is 13.8 Å². The molecule has 10 nitrogen and oxygen atoms in total. The van der Waals surface area contributed by atoms with E-state index in [1.54, 1.807) is 16.5 Å². The fraction of sp³-hybridized carbons (Fsp3) is 0.700. The minimum Gasteiger partial charge on any atom is -0.461 e. The lowest BCUT2D eigenvalue weighted by molar-refractivity contribution is 0.1000. The van der Waals surface area contributed by atoms with Crippen molar-refractivity contribution in [3.05, 3.63) is 20.8 Å². The Morgan fingerprint density at radius 2 is 1.87 bits per heavy atom. The van der Waals surface area contributed by atoms with E-state index in [4.69, 9.17) is 4.74 Å². The maximum Gasteiger partial charge on any atom is 0.332 e. The lowest BCUT2D eigenvalue weighted by atomic mass is 10.1. The number of hydrogen-bond acceptors (Lipinski definition) is 5. The van der Waals surface area contributed by atoms with Gasteiger partial charge in [0, 0.05) is 53.1 Å². The first-order valence-electron chi connectivity index (χ1n) is 10.6. The highest BCUT2D eigenvalue weighted by Gasteiger charge is 2.27. The second-order valence-corrected chi connectivity index (χ2v) is 8.25. The third-order valence-electron chi connectivity index (χ3n) is 5.57. The van der Waals surface area contributed by atoms with Gasteiger partial charge in [-0.3, -0.25) is 18.5 Å². The Bertz CT molecular complexity index is 1030. The monoisotopic (exact) mass is 420 g/mol. The number of aryl methyl sites for hydroxylation is 2. The van der Waals surface area contributed by atoms with E-state index < -0.39 is 5.69 Å². The van der Waals surface area contributed by atoms with E-state index in [2.05, 4.69) is 24.1 Å². The summed E-state index contributed by atoms with van der Waals surface area (Å²) in [7, 11) is 3.08. The Balaban J connectivity index is 1.90. The van der Waals surface area contributed by atoms with Crippen LogP contribution in [0.5, 0.6) is 6.01 Å². The fourth-order valence-corrected chi connectivity index (χ4v) is 3.70. The molecular formula is C20H32N6O4. The molecule has 3 heterocycles. The lowest BCUT2D eigenvalue weighted by Crippen LogP contribution is -2.46. The minimum atomic E-state index is -0.414. The molecule has 0 atom stereocenters. The van der Waals surface area contributed by atoms with Gasteiger partial charge in [0.2, 0.25) is 0 Å². The Hall–Kier alpha value is -2.78. The average molecular weight is 421 g/mol. The highest BCUT2D eigenvalue weighted by molar-refractivity contribution is 5.74. The number of urea groups is 1. The first-order valence-corrected chi connectivity index (χ1v) is 10.6. The second kappa shape index (κ2) is 8.93. The molecule has 1 fully saturated rings. The Kier molecular flexibility index (Phi) is 6.52. The predicted molar refractivity (Wildman–Crippen MR) is 114 cm³/mol. The average Bonchev–Trinajstić information content (AvgIpc) is 3.08. The van der Waals surface area contributed by atoms with Crippen molar-refractivity contribution in [3.63, 3.8) is 0 Å². The zero-order chi connectivity index (χ0) is 22.0. The molecule has 1 aliphatic rings. The van der Waals surface area contributed by atoms with Crippen LogP contribution in [0, 0.1) is 5.92 Å². The van der Waals surface area contributed by atoms with E-state index in [1.807, 2.05) is 6.92 Å². The van der Waals surface area contributed by atoms with E-state index in [1.165, 1.54) is 11.6 Å². The third-order valence-corrected chi connectivity index (χ3v) is 5.57. The molecule has 3 rings (SSSR count). The van der Waals surface area contributed by atoms with Gasteiger partial charge in [-0.05, 0) is 19.3 Å². The van der Waals surface area contributed by atoms with Crippen LogP contribution in [0.1, 0.15) is 40.0 Å². The molecule has 10 heteroatoms. The van der Waals surface area contributed by atoms with Crippen LogP contribution in [0.2, 0.25) is 0 Å². The standard InChI is InChI=1S/C20H32N6O4/c1-6-21-18(28)25-10-8-14(9-11-25)30-19-22-16-15(26(19)12-7-13(2)3)17(27)24(5)20(29)23(16)4/h13-14H,6-12H2,1-5H3,(H,21,28). The Labute approximate surface area is 175 Å². The van der Waals surface area contributed by atoms with Crippen molar-refractivity contribution >= 4 is 17.2 Å². The summed E-state index contributed by atoms with van der Waals surface area (Å²) in [6.07, 6.45) is 2.11. The summed E-state index contributed by atoms with van der Waals surface area (Å²) >= 11 is 0. The summed E-state index contributed by atoms with van der Waals surface area (Å²) in [5, 5.41) is 2.82. The quantitative estimate of drug-likeness (QED) is 0.752. The highest BCUT2D eigenvalue weighted by atomic mass is 16.5. The molecule has 0 aliphatic carbocycles. The number of nitrogens with zero attached hydrogens (tertiary/aromatic N) is 5. The maximum atomic E-state index is 12.8. The van der Waals surface area contributed by atoms with Crippen LogP contribution < -0.4 is 21.3 Å². The molecule has 0 unspecified atom stereocenters. The van der Waals surface area contributed by atoms with Gasteiger partial charge in [-0.2, -0.15) is 4.98 Å². The van der Waals surface area contributed by atoms with Crippen LogP contribution in [0.25, 0.3) is 11.2 Å². The molecule has 1 N–H and O–H groups in total. The van der Waals surface area contributed by atoms with Crippen LogP contribution in [0.15, 0.2) is 9.59 Å². The van der Waals surface area contributed by atoms with Gasteiger partial charge in [-0.15, -0.1) is 0 Å². The van der Waals surface area contributed by atoms with Crippen molar-refractivity contribution < 1.29 is 9.53 Å². The van der Waals surface area contributed by atoms with Gasteiger partial charge in [0.1, 0.15) is 6.10 Å². The Morgan fingerprint density at radius 1 is 1.20 bits per heavy atom. The number of carbonyl (C=O) groups excluding carboxylic acids is 1. The highest BCUT2D eigenvalue weighted by Crippen LogP contribution is 2.23. The third kappa shape index (κ3) is 4.22. The van der Waals surface area contributed by atoms with E-state index >= 15 is 0 Å². The van der Waals surface area contributed by atoms with E-state index in [0.29, 0.717) is 62.1 Å². The molecule has 0 aromatic carbocycles. The summed E-state index contributed by atoms with van der Waals surface area (Å²) in [5.41, 5.74) is -0.0651. The lowest BCUT2D eigenvalue weighted by Gasteiger charge is -2.31. The number of carbonyl (C=O) groups is 1. The molecule has 0 saturated carbocycles. The second-order valence-electron chi connectivity index (χ2n) is 8.25. The van der Waals surface area contributed by atoms with E-state index in [9.17, 15) is 14.4 Å². The number of rotatable bonds is 6. The molecular weight excluding hydrogens is 388 g/mol. The van der Waals surface area contributed by atoms with Crippen molar-refractivity contribution in [2.24, 2.45) is 20.0 Å². The number of fused-ring (bicyclic) bond motifs is 1. The number of aromatic nitrogens is 4. The summed E-state index contributed by atoms with van der Waals surface area (Å²) in [5.74, 6) is 0.437. The van der Waals surface area contributed by atoms with Gasteiger partial charge in [0.15, 0.2) is 11.2 Å². The number of hydrogen-bond donors (Lipinski definition) is 1. The van der Waals surface area contributed by atoms with E-state index in [-0.39, 0.29) is 17.7 Å². The number of ether oxygens (including phenoxy) is 1. The van der Waals surface area contributed by atoms with Gasteiger partial charge < -0.3 is 15.0 Å². The molecule has 0 spiro atoms. The van der Waals surface area contributed by atoms with Crippen LogP contribution in [-0.4, -0.2) is 55.4 Å². The normalized spacial score (nSPS) is 15.2. The molecule has 2 aromatic heterocycles. The topological polar surface area (TPSA) is 103 Å². The molecule has 2 aromatic rings. The first-order chi connectivity index (χ1) is 14.2. The minimum absolute atomic E-state index is 0.0568. The van der Waals surface area contributed by atoms with Gasteiger partial charge in [0.25, 0.3) is 11.6 Å². The van der Waals surface area contributed by atoms with Crippen LogP contribution >= 0.6 is 0 Å². The molecule has 1 saturated heterocycles. The van der Waals surface area contributed by atoms with Crippen molar-refractivity contribution in [2.45, 2.75) is 52.7 Å².